The maximum absolute atomic E-state index is 10.8. The van der Waals surface area contributed by atoms with E-state index in [4.69, 9.17) is 0 Å². The molecule has 2 heterocycles. The number of rotatable bonds is 4. The zero-order valence-corrected chi connectivity index (χ0v) is 12.0. The molecule has 3 aromatic rings. The van der Waals surface area contributed by atoms with Crippen LogP contribution >= 0.6 is 0 Å². The number of aryl methyl sites for hydroxylation is 2. The van der Waals surface area contributed by atoms with Gasteiger partial charge in [0, 0.05) is 36.3 Å². The van der Waals surface area contributed by atoms with E-state index in [1.807, 2.05) is 24.0 Å². The van der Waals surface area contributed by atoms with E-state index < -0.39 is 0 Å². The Morgan fingerprint density at radius 1 is 1.29 bits per heavy atom. The van der Waals surface area contributed by atoms with Gasteiger partial charge in [0.1, 0.15) is 0 Å². The quantitative estimate of drug-likeness (QED) is 0.546. The van der Waals surface area contributed by atoms with Crippen LogP contribution in [0.25, 0.3) is 10.9 Å². The van der Waals surface area contributed by atoms with Crippen LogP contribution in [0.15, 0.2) is 36.5 Å². The second-order valence-corrected chi connectivity index (χ2v) is 5.05. The molecule has 0 saturated carbocycles. The van der Waals surface area contributed by atoms with Gasteiger partial charge >= 0.3 is 0 Å². The van der Waals surface area contributed by atoms with Crippen molar-refractivity contribution >= 4 is 16.6 Å². The smallest absolute Gasteiger partial charge is 0.270 e. The molecule has 0 aliphatic rings. The molecule has 0 unspecified atom stereocenters. The fourth-order valence-electron chi connectivity index (χ4n) is 2.51. The molecule has 21 heavy (non-hydrogen) atoms. The molecule has 0 amide bonds. The molecule has 6 nitrogen and oxygen atoms in total. The van der Waals surface area contributed by atoms with Crippen LogP contribution in [0.1, 0.15) is 18.3 Å². The van der Waals surface area contributed by atoms with Crippen molar-refractivity contribution in [2.75, 3.05) is 0 Å². The van der Waals surface area contributed by atoms with Crippen LogP contribution in [0.2, 0.25) is 0 Å². The van der Waals surface area contributed by atoms with Crippen LogP contribution in [0.5, 0.6) is 0 Å². The van der Waals surface area contributed by atoms with Crippen molar-refractivity contribution < 1.29 is 4.92 Å². The van der Waals surface area contributed by atoms with E-state index in [2.05, 4.69) is 22.7 Å². The van der Waals surface area contributed by atoms with E-state index >= 15 is 0 Å². The highest BCUT2D eigenvalue weighted by Crippen LogP contribution is 2.22. The summed E-state index contributed by atoms with van der Waals surface area (Å²) in [6.07, 6.45) is 2.86. The minimum Gasteiger partial charge on any atom is -0.341 e. The molecular weight excluding hydrogens is 268 g/mol. The molecular formula is C15H16N4O2. The fourth-order valence-corrected chi connectivity index (χ4v) is 2.51. The van der Waals surface area contributed by atoms with Gasteiger partial charge in [-0.25, -0.2) is 0 Å². The number of nitro groups is 1. The molecule has 0 bridgehead atoms. The van der Waals surface area contributed by atoms with Crippen molar-refractivity contribution in [3.8, 4) is 0 Å². The van der Waals surface area contributed by atoms with Crippen LogP contribution in [0.4, 0.5) is 5.69 Å². The molecule has 6 heteroatoms. The van der Waals surface area contributed by atoms with E-state index in [0.717, 1.165) is 28.7 Å². The van der Waals surface area contributed by atoms with E-state index in [9.17, 15) is 10.1 Å². The Bertz CT molecular complexity index is 816. The number of nitrogens with zero attached hydrogens (tertiary/aromatic N) is 4. The van der Waals surface area contributed by atoms with Crippen molar-refractivity contribution in [3.05, 3.63) is 58.0 Å². The molecule has 0 atom stereocenters. The monoisotopic (exact) mass is 284 g/mol. The standard InChI is InChI=1S/C15H16N4O2/c1-3-12-9-14(17(2)16-12)10-18-7-6-11-8-13(19(20)21)4-5-15(11)18/h4-9H,3,10H2,1-2H3. The summed E-state index contributed by atoms with van der Waals surface area (Å²) in [6.45, 7) is 2.78. The van der Waals surface area contributed by atoms with E-state index in [0.29, 0.717) is 6.54 Å². The summed E-state index contributed by atoms with van der Waals surface area (Å²) >= 11 is 0. The Morgan fingerprint density at radius 3 is 2.76 bits per heavy atom. The highest BCUT2D eigenvalue weighted by molar-refractivity contribution is 5.82. The van der Waals surface area contributed by atoms with Crippen LogP contribution < -0.4 is 0 Å². The van der Waals surface area contributed by atoms with Crippen LogP contribution in [-0.4, -0.2) is 19.3 Å². The fraction of sp³-hybridized carbons (Fsp3) is 0.267. The molecule has 0 saturated heterocycles. The summed E-state index contributed by atoms with van der Waals surface area (Å²) in [5, 5.41) is 16.1. The molecule has 0 aliphatic carbocycles. The maximum Gasteiger partial charge on any atom is 0.270 e. The molecule has 0 fully saturated rings. The number of benzene rings is 1. The van der Waals surface area contributed by atoms with Gasteiger partial charge in [-0.3, -0.25) is 14.8 Å². The second-order valence-electron chi connectivity index (χ2n) is 5.05. The summed E-state index contributed by atoms with van der Waals surface area (Å²) in [7, 11) is 1.94. The summed E-state index contributed by atoms with van der Waals surface area (Å²) < 4.78 is 3.96. The van der Waals surface area contributed by atoms with Gasteiger partial charge in [-0.05, 0) is 24.6 Å². The Morgan fingerprint density at radius 2 is 2.10 bits per heavy atom. The van der Waals surface area contributed by atoms with Gasteiger partial charge in [0.15, 0.2) is 0 Å². The predicted octanol–water partition coefficient (Wildman–Crippen LogP) is 2.89. The number of aromatic nitrogens is 3. The maximum atomic E-state index is 10.8. The Balaban J connectivity index is 1.97. The molecule has 3 rings (SSSR count). The highest BCUT2D eigenvalue weighted by Gasteiger charge is 2.10. The first-order valence-electron chi connectivity index (χ1n) is 6.83. The van der Waals surface area contributed by atoms with Crippen LogP contribution in [0, 0.1) is 10.1 Å². The van der Waals surface area contributed by atoms with Gasteiger partial charge in [-0.1, -0.05) is 6.92 Å². The second kappa shape index (κ2) is 5.05. The lowest BCUT2D eigenvalue weighted by atomic mass is 10.2. The van der Waals surface area contributed by atoms with Crippen molar-refractivity contribution in [3.63, 3.8) is 0 Å². The average molecular weight is 284 g/mol. The van der Waals surface area contributed by atoms with Crippen LogP contribution in [-0.2, 0) is 20.0 Å². The minimum absolute atomic E-state index is 0.119. The van der Waals surface area contributed by atoms with E-state index in [-0.39, 0.29) is 10.6 Å². The van der Waals surface area contributed by atoms with Gasteiger partial charge in [0.05, 0.1) is 22.9 Å². The largest absolute Gasteiger partial charge is 0.341 e. The van der Waals surface area contributed by atoms with Gasteiger partial charge < -0.3 is 4.57 Å². The Hall–Kier alpha value is -2.63. The predicted molar refractivity (Wildman–Crippen MR) is 80.3 cm³/mol. The first kappa shape index (κ1) is 13.4. The van der Waals surface area contributed by atoms with E-state index in [1.54, 1.807) is 18.2 Å². The lowest BCUT2D eigenvalue weighted by Crippen LogP contribution is -2.04. The van der Waals surface area contributed by atoms with Crippen molar-refractivity contribution in [2.45, 2.75) is 19.9 Å². The lowest BCUT2D eigenvalue weighted by Gasteiger charge is -2.05. The normalized spacial score (nSPS) is 11.1. The summed E-state index contributed by atoms with van der Waals surface area (Å²) in [6, 6.07) is 8.94. The van der Waals surface area contributed by atoms with Crippen molar-refractivity contribution in [1.82, 2.24) is 14.3 Å². The topological polar surface area (TPSA) is 65.9 Å². The third-order valence-corrected chi connectivity index (χ3v) is 3.69. The zero-order valence-electron chi connectivity index (χ0n) is 12.0. The summed E-state index contributed by atoms with van der Waals surface area (Å²) in [5.41, 5.74) is 3.29. The summed E-state index contributed by atoms with van der Waals surface area (Å²) in [5.74, 6) is 0. The molecule has 0 spiro atoms. The molecule has 2 aromatic heterocycles. The molecule has 1 aromatic carbocycles. The van der Waals surface area contributed by atoms with Gasteiger partial charge in [-0.2, -0.15) is 5.10 Å². The first-order valence-corrected chi connectivity index (χ1v) is 6.83. The summed E-state index contributed by atoms with van der Waals surface area (Å²) in [4.78, 5) is 10.4. The Labute approximate surface area is 121 Å². The van der Waals surface area contributed by atoms with Crippen molar-refractivity contribution in [2.24, 2.45) is 7.05 Å². The number of fused-ring (bicyclic) bond motifs is 1. The highest BCUT2D eigenvalue weighted by atomic mass is 16.6. The number of hydrogen-bond donors (Lipinski definition) is 0. The van der Waals surface area contributed by atoms with Crippen molar-refractivity contribution in [1.29, 1.82) is 0 Å². The van der Waals surface area contributed by atoms with Crippen LogP contribution in [0.3, 0.4) is 0 Å². The third-order valence-electron chi connectivity index (χ3n) is 3.69. The zero-order chi connectivity index (χ0) is 15.0. The number of nitro benzene ring substituents is 1. The SMILES string of the molecule is CCc1cc(Cn2ccc3cc([N+](=O)[O-])ccc32)n(C)n1. The molecule has 0 radical (unpaired) electrons. The third kappa shape index (κ3) is 2.40. The van der Waals surface area contributed by atoms with Gasteiger partial charge in [-0.15, -0.1) is 0 Å². The van der Waals surface area contributed by atoms with Gasteiger partial charge in [0.2, 0.25) is 0 Å². The minimum atomic E-state index is -0.370. The molecule has 0 N–H and O–H groups in total. The van der Waals surface area contributed by atoms with E-state index in [1.165, 1.54) is 0 Å². The number of hydrogen-bond acceptors (Lipinski definition) is 3. The molecule has 0 aliphatic heterocycles. The lowest BCUT2D eigenvalue weighted by molar-refractivity contribution is -0.384. The van der Waals surface area contributed by atoms with Gasteiger partial charge in [0.25, 0.3) is 5.69 Å². The number of non-ortho nitro benzene ring substituents is 1. The average Bonchev–Trinajstić information content (AvgIpc) is 3.03. The Kier molecular flexibility index (Phi) is 3.21. The molecule has 108 valence electrons. The first-order chi connectivity index (χ1) is 10.1.